The van der Waals surface area contributed by atoms with Gasteiger partial charge in [0.15, 0.2) is 0 Å². The summed E-state index contributed by atoms with van der Waals surface area (Å²) in [5, 5.41) is 1.03. The van der Waals surface area contributed by atoms with Gasteiger partial charge in [-0.05, 0) is 0 Å². The SMILES string of the molecule is NC12SC1C=CC1(Cl)SC12. The van der Waals surface area contributed by atoms with Crippen LogP contribution < -0.4 is 5.73 Å². The van der Waals surface area contributed by atoms with Crippen molar-refractivity contribution >= 4 is 35.1 Å². The Morgan fingerprint density at radius 3 is 3.00 bits per heavy atom. The van der Waals surface area contributed by atoms with Crippen molar-refractivity contribution in [1.29, 1.82) is 0 Å². The summed E-state index contributed by atoms with van der Waals surface area (Å²) in [5.41, 5.74) is 6.03. The Labute approximate surface area is 72.7 Å². The topological polar surface area (TPSA) is 26.0 Å². The molecule has 3 rings (SSSR count). The van der Waals surface area contributed by atoms with Crippen molar-refractivity contribution in [1.82, 2.24) is 0 Å². The Morgan fingerprint density at radius 2 is 2.30 bits per heavy atom. The number of thioether (sulfide) groups is 2. The molecule has 0 radical (unpaired) electrons. The molecule has 4 unspecified atom stereocenters. The average Bonchev–Trinajstić information content (AvgIpc) is 2.65. The number of alkyl halides is 1. The van der Waals surface area contributed by atoms with Crippen LogP contribution in [0.3, 0.4) is 0 Å². The molecule has 0 aromatic heterocycles. The lowest BCUT2D eigenvalue weighted by atomic mass is 10.0. The van der Waals surface area contributed by atoms with E-state index in [-0.39, 0.29) is 9.08 Å². The predicted molar refractivity (Wildman–Crippen MR) is 47.4 cm³/mol. The molecular weight excluding hydrogens is 186 g/mol. The average molecular weight is 192 g/mol. The maximum absolute atomic E-state index is 6.14. The standard InChI is InChI=1S/C6H6ClNS2/c7-5-2-1-3-6(8,9-3)4(5)10-5/h1-4H,8H2. The minimum atomic E-state index is -0.116. The molecule has 2 heterocycles. The fraction of sp³-hybridized carbons (Fsp3) is 0.667. The number of rotatable bonds is 0. The van der Waals surface area contributed by atoms with Crippen molar-refractivity contribution in [3.05, 3.63) is 12.2 Å². The van der Waals surface area contributed by atoms with Gasteiger partial charge in [0.1, 0.15) is 4.21 Å². The quantitative estimate of drug-likeness (QED) is 0.356. The second-order valence-electron chi connectivity index (χ2n) is 2.95. The molecule has 0 spiro atoms. The van der Waals surface area contributed by atoms with Crippen LogP contribution in [0.25, 0.3) is 0 Å². The molecule has 2 saturated heterocycles. The van der Waals surface area contributed by atoms with Crippen molar-refractivity contribution in [2.24, 2.45) is 5.73 Å². The van der Waals surface area contributed by atoms with Crippen LogP contribution in [0, 0.1) is 0 Å². The monoisotopic (exact) mass is 191 g/mol. The molecule has 10 heavy (non-hydrogen) atoms. The zero-order valence-corrected chi connectivity index (χ0v) is 7.47. The minimum Gasteiger partial charge on any atom is -0.315 e. The maximum atomic E-state index is 6.14. The van der Waals surface area contributed by atoms with Gasteiger partial charge in [-0.2, -0.15) is 0 Å². The molecule has 0 amide bonds. The summed E-state index contributed by atoms with van der Waals surface area (Å²) in [4.78, 5) is 0.00116. The molecule has 4 atom stereocenters. The third-order valence-electron chi connectivity index (χ3n) is 2.23. The summed E-state index contributed by atoms with van der Waals surface area (Å²) in [7, 11) is 0. The summed E-state index contributed by atoms with van der Waals surface area (Å²) < 4.78 is -0.116. The van der Waals surface area contributed by atoms with E-state index in [4.69, 9.17) is 17.3 Å². The lowest BCUT2D eigenvalue weighted by molar-refractivity contribution is 0.683. The highest BCUT2D eigenvalue weighted by atomic mass is 35.5. The van der Waals surface area contributed by atoms with E-state index in [1.165, 1.54) is 0 Å². The van der Waals surface area contributed by atoms with Crippen LogP contribution in [0.15, 0.2) is 12.2 Å². The molecule has 0 aromatic rings. The van der Waals surface area contributed by atoms with Crippen molar-refractivity contribution in [2.75, 3.05) is 0 Å². The molecule has 2 aliphatic heterocycles. The molecule has 1 aliphatic carbocycles. The maximum Gasteiger partial charge on any atom is 0.123 e. The van der Waals surface area contributed by atoms with Crippen molar-refractivity contribution < 1.29 is 0 Å². The van der Waals surface area contributed by atoms with E-state index in [0.717, 1.165) is 0 Å². The molecule has 4 heteroatoms. The largest absolute Gasteiger partial charge is 0.315 e. The Hall–Kier alpha value is 0.690. The Morgan fingerprint density at radius 1 is 1.50 bits per heavy atom. The number of hydrogen-bond donors (Lipinski definition) is 1. The Bertz CT molecular complexity index is 244. The highest BCUT2D eigenvalue weighted by Gasteiger charge is 2.73. The van der Waals surface area contributed by atoms with Gasteiger partial charge >= 0.3 is 0 Å². The number of hydrogen-bond acceptors (Lipinski definition) is 3. The third kappa shape index (κ3) is 0.546. The first-order valence-electron chi connectivity index (χ1n) is 3.18. The first kappa shape index (κ1) is 6.23. The first-order chi connectivity index (χ1) is 4.65. The van der Waals surface area contributed by atoms with Gasteiger partial charge in [0.2, 0.25) is 0 Å². The van der Waals surface area contributed by atoms with Gasteiger partial charge in [-0.1, -0.05) is 12.2 Å². The van der Waals surface area contributed by atoms with Crippen LogP contribution in [-0.4, -0.2) is 19.6 Å². The Kier molecular flexibility index (Phi) is 0.886. The first-order valence-corrected chi connectivity index (χ1v) is 5.32. The fourth-order valence-electron chi connectivity index (χ4n) is 1.48. The zero-order valence-electron chi connectivity index (χ0n) is 5.08. The van der Waals surface area contributed by atoms with E-state index in [2.05, 4.69) is 12.2 Å². The van der Waals surface area contributed by atoms with E-state index in [1.54, 1.807) is 11.8 Å². The summed E-state index contributed by atoms with van der Waals surface area (Å²) in [6, 6.07) is 0. The highest BCUT2D eigenvalue weighted by Crippen LogP contribution is 2.74. The second kappa shape index (κ2) is 1.42. The summed E-state index contributed by atoms with van der Waals surface area (Å²) in [6.07, 6.45) is 4.24. The van der Waals surface area contributed by atoms with E-state index >= 15 is 0 Å². The fourth-order valence-corrected chi connectivity index (χ4v) is 4.64. The van der Waals surface area contributed by atoms with Gasteiger partial charge in [-0.15, -0.1) is 35.1 Å². The van der Waals surface area contributed by atoms with Crippen LogP contribution in [0.1, 0.15) is 0 Å². The van der Waals surface area contributed by atoms with E-state index in [1.807, 2.05) is 11.8 Å². The molecular formula is C6H6ClNS2. The number of nitrogens with two attached hydrogens (primary N) is 1. The van der Waals surface area contributed by atoms with Gasteiger partial charge in [0.25, 0.3) is 0 Å². The summed E-state index contributed by atoms with van der Waals surface area (Å²) in [6.45, 7) is 0. The van der Waals surface area contributed by atoms with Crippen molar-refractivity contribution in [3.63, 3.8) is 0 Å². The van der Waals surface area contributed by atoms with Crippen LogP contribution in [0.4, 0.5) is 0 Å². The smallest absolute Gasteiger partial charge is 0.123 e. The molecule has 0 bridgehead atoms. The van der Waals surface area contributed by atoms with Crippen molar-refractivity contribution in [2.45, 2.75) is 19.6 Å². The number of halogens is 1. The van der Waals surface area contributed by atoms with Gasteiger partial charge in [0, 0.05) is 0 Å². The normalized spacial score (nSPS) is 68.6. The van der Waals surface area contributed by atoms with E-state index in [0.29, 0.717) is 10.5 Å². The van der Waals surface area contributed by atoms with Crippen molar-refractivity contribution in [3.8, 4) is 0 Å². The molecule has 2 N–H and O–H groups in total. The molecule has 0 aromatic carbocycles. The highest BCUT2D eigenvalue weighted by molar-refractivity contribution is 8.15. The van der Waals surface area contributed by atoms with Gasteiger partial charge < -0.3 is 5.73 Å². The number of fused-ring (bicyclic) bond motifs is 3. The third-order valence-corrected chi connectivity index (χ3v) is 6.04. The lowest BCUT2D eigenvalue weighted by Gasteiger charge is -2.10. The molecule has 3 aliphatic rings. The van der Waals surface area contributed by atoms with E-state index < -0.39 is 0 Å². The van der Waals surface area contributed by atoms with Gasteiger partial charge in [-0.25, -0.2) is 0 Å². The van der Waals surface area contributed by atoms with Crippen LogP contribution >= 0.6 is 35.1 Å². The predicted octanol–water partition coefficient (Wildman–Crippen LogP) is 1.38. The van der Waals surface area contributed by atoms with E-state index in [9.17, 15) is 0 Å². The van der Waals surface area contributed by atoms with Gasteiger partial charge in [0.05, 0.1) is 15.4 Å². The van der Waals surface area contributed by atoms with Crippen LogP contribution in [0.5, 0.6) is 0 Å². The molecule has 0 saturated carbocycles. The van der Waals surface area contributed by atoms with Gasteiger partial charge in [-0.3, -0.25) is 0 Å². The second-order valence-corrected chi connectivity index (χ2v) is 6.63. The molecule has 1 nitrogen and oxygen atoms in total. The lowest BCUT2D eigenvalue weighted by Crippen LogP contribution is -2.36. The Balaban J connectivity index is 2.07. The molecule has 2 fully saturated rings. The van der Waals surface area contributed by atoms with Crippen LogP contribution in [-0.2, 0) is 0 Å². The van der Waals surface area contributed by atoms with Crippen LogP contribution in [0.2, 0.25) is 0 Å². The zero-order chi connectivity index (χ0) is 6.98. The summed E-state index contributed by atoms with van der Waals surface area (Å²) >= 11 is 9.76. The molecule has 54 valence electrons. The minimum absolute atomic E-state index is 0.00116. The summed E-state index contributed by atoms with van der Waals surface area (Å²) in [5.74, 6) is 0.